The van der Waals surface area contributed by atoms with Crippen LogP contribution in [0.15, 0.2) is 79.0 Å². The number of aromatic nitrogens is 2. The third kappa shape index (κ3) is 3.92. The van der Waals surface area contributed by atoms with E-state index in [0.717, 1.165) is 65.1 Å². The van der Waals surface area contributed by atoms with E-state index >= 15 is 0 Å². The summed E-state index contributed by atoms with van der Waals surface area (Å²) in [5.74, 6) is -0.0993. The molecule has 1 aliphatic rings. The Morgan fingerprint density at radius 1 is 0.889 bits per heavy atom. The second-order valence-electron chi connectivity index (χ2n) is 9.72. The summed E-state index contributed by atoms with van der Waals surface area (Å²) in [6.07, 6.45) is 5.24. The van der Waals surface area contributed by atoms with Gasteiger partial charge in [-0.2, -0.15) is 0 Å². The Hall–Kier alpha value is -3.76. The molecule has 1 N–H and O–H groups in total. The second-order valence-corrected chi connectivity index (χ2v) is 10.2. The summed E-state index contributed by atoms with van der Waals surface area (Å²) >= 11 is 6.18. The average Bonchev–Trinajstić information content (AvgIpc) is 3.28. The molecule has 0 bridgehead atoms. The molecule has 0 aliphatic carbocycles. The van der Waals surface area contributed by atoms with Gasteiger partial charge in [-0.15, -0.1) is 0 Å². The van der Waals surface area contributed by atoms with Gasteiger partial charge in [-0.25, -0.2) is 0 Å². The number of hydrogen-bond donors (Lipinski definition) is 1. The van der Waals surface area contributed by atoms with Crippen LogP contribution in [0.5, 0.6) is 0 Å². The second kappa shape index (κ2) is 9.03. The summed E-state index contributed by atoms with van der Waals surface area (Å²) in [7, 11) is 0. The van der Waals surface area contributed by atoms with Crippen LogP contribution in [0.2, 0.25) is 5.02 Å². The maximum absolute atomic E-state index is 14.0. The highest BCUT2D eigenvalue weighted by Crippen LogP contribution is 2.40. The fourth-order valence-corrected chi connectivity index (χ4v) is 5.53. The minimum atomic E-state index is -0.0993. The van der Waals surface area contributed by atoms with Crippen molar-refractivity contribution in [2.24, 2.45) is 0 Å². The number of hydrogen-bond acceptors (Lipinski definition) is 1. The molecule has 36 heavy (non-hydrogen) atoms. The minimum Gasteiger partial charge on any atom is -0.325 e. The SMILES string of the molecule is Cc1ccc(-c2c3c4n(c(-c5ccc(Cl)cc5)cn4c2C(=O)Nc2cccc(C)c2)CCCC3)cc1. The first-order valence-electron chi connectivity index (χ1n) is 12.5. The molecule has 3 aromatic carbocycles. The number of rotatable bonds is 4. The van der Waals surface area contributed by atoms with Crippen LogP contribution in [0.1, 0.15) is 40.0 Å². The van der Waals surface area contributed by atoms with Crippen LogP contribution < -0.4 is 5.32 Å². The predicted molar refractivity (Wildman–Crippen MR) is 148 cm³/mol. The molecule has 5 aromatic rings. The number of imidazole rings is 1. The molecule has 4 nitrogen and oxygen atoms in total. The molecule has 0 fully saturated rings. The fraction of sp³-hybridized carbons (Fsp3) is 0.194. The number of nitrogens with zero attached hydrogens (tertiary/aromatic N) is 2. The van der Waals surface area contributed by atoms with Crippen LogP contribution in [0.25, 0.3) is 28.0 Å². The Kier molecular flexibility index (Phi) is 5.69. The number of carbonyl (C=O) groups is 1. The Bertz CT molecular complexity index is 1590. The molecule has 1 aliphatic heterocycles. The van der Waals surface area contributed by atoms with E-state index in [1.54, 1.807) is 0 Å². The van der Waals surface area contributed by atoms with E-state index < -0.39 is 0 Å². The molecule has 0 spiro atoms. The Morgan fingerprint density at radius 2 is 1.64 bits per heavy atom. The Labute approximate surface area is 216 Å². The summed E-state index contributed by atoms with van der Waals surface area (Å²) in [5.41, 5.74) is 10.5. The molecule has 0 unspecified atom stereocenters. The summed E-state index contributed by atoms with van der Waals surface area (Å²) in [6.45, 7) is 5.04. The lowest BCUT2D eigenvalue weighted by molar-refractivity contribution is 0.102. The van der Waals surface area contributed by atoms with Gasteiger partial charge in [0.2, 0.25) is 0 Å². The first-order valence-corrected chi connectivity index (χ1v) is 12.8. The normalized spacial score (nSPS) is 13.1. The maximum atomic E-state index is 14.0. The molecule has 3 heterocycles. The Balaban J connectivity index is 1.61. The molecule has 5 heteroatoms. The summed E-state index contributed by atoms with van der Waals surface area (Å²) in [5, 5.41) is 3.89. The van der Waals surface area contributed by atoms with E-state index in [1.165, 1.54) is 11.1 Å². The van der Waals surface area contributed by atoms with Gasteiger partial charge in [0.1, 0.15) is 11.3 Å². The van der Waals surface area contributed by atoms with Crippen LogP contribution in [-0.2, 0) is 13.0 Å². The molecule has 0 saturated carbocycles. The molecule has 0 saturated heterocycles. The van der Waals surface area contributed by atoms with Crippen molar-refractivity contribution in [3.8, 4) is 22.4 Å². The number of benzene rings is 3. The van der Waals surface area contributed by atoms with Crippen LogP contribution in [0.3, 0.4) is 0 Å². The first kappa shape index (κ1) is 22.7. The van der Waals surface area contributed by atoms with Crippen molar-refractivity contribution >= 4 is 28.8 Å². The standard InChI is InChI=1S/C31H28ClN3O/c1-20-9-11-23(12-10-20)28-26-8-3-4-17-34-27(22-13-15-24(32)16-14-22)19-35(31(26)34)29(28)30(36)33-25-7-5-6-21(2)18-25/h5-7,9-16,18-19H,3-4,8,17H2,1-2H3,(H,33,36). The van der Waals surface area contributed by atoms with Gasteiger partial charge in [0.05, 0.1) is 5.69 Å². The highest BCUT2D eigenvalue weighted by Gasteiger charge is 2.29. The monoisotopic (exact) mass is 493 g/mol. The van der Waals surface area contributed by atoms with Crippen LogP contribution in [0, 0.1) is 13.8 Å². The van der Waals surface area contributed by atoms with Gasteiger partial charge in [0, 0.05) is 34.6 Å². The number of carbonyl (C=O) groups excluding carboxylic acids is 1. The highest BCUT2D eigenvalue weighted by molar-refractivity contribution is 6.30. The number of amides is 1. The lowest BCUT2D eigenvalue weighted by Crippen LogP contribution is -2.15. The van der Waals surface area contributed by atoms with Gasteiger partial charge >= 0.3 is 0 Å². The van der Waals surface area contributed by atoms with E-state index in [1.807, 2.05) is 43.3 Å². The molecular weight excluding hydrogens is 466 g/mol. The molecule has 1 amide bonds. The van der Waals surface area contributed by atoms with Crippen molar-refractivity contribution in [3.63, 3.8) is 0 Å². The van der Waals surface area contributed by atoms with Crippen molar-refractivity contribution < 1.29 is 4.79 Å². The van der Waals surface area contributed by atoms with E-state index in [4.69, 9.17) is 11.6 Å². The fourth-order valence-electron chi connectivity index (χ4n) is 5.40. The van der Waals surface area contributed by atoms with Crippen LogP contribution >= 0.6 is 11.6 Å². The number of halogens is 1. The summed E-state index contributed by atoms with van der Waals surface area (Å²) < 4.78 is 4.50. The zero-order valence-corrected chi connectivity index (χ0v) is 21.3. The Morgan fingerprint density at radius 3 is 2.39 bits per heavy atom. The zero-order valence-electron chi connectivity index (χ0n) is 20.5. The van der Waals surface area contributed by atoms with E-state index in [-0.39, 0.29) is 5.91 Å². The molecule has 0 atom stereocenters. The van der Waals surface area contributed by atoms with E-state index in [0.29, 0.717) is 10.7 Å². The van der Waals surface area contributed by atoms with Crippen LogP contribution in [0.4, 0.5) is 5.69 Å². The van der Waals surface area contributed by atoms with Crippen molar-refractivity contribution in [3.05, 3.63) is 106 Å². The van der Waals surface area contributed by atoms with Crippen LogP contribution in [-0.4, -0.2) is 14.9 Å². The summed E-state index contributed by atoms with van der Waals surface area (Å²) in [4.78, 5) is 14.0. The van der Waals surface area contributed by atoms with E-state index in [2.05, 4.69) is 63.8 Å². The molecule has 2 aromatic heterocycles. The maximum Gasteiger partial charge on any atom is 0.273 e. The summed E-state index contributed by atoms with van der Waals surface area (Å²) in [6, 6.07) is 24.4. The third-order valence-electron chi connectivity index (χ3n) is 7.11. The van der Waals surface area contributed by atoms with Crippen molar-refractivity contribution in [2.45, 2.75) is 39.7 Å². The lowest BCUT2D eigenvalue weighted by Gasteiger charge is -2.11. The number of aryl methyl sites for hydroxylation is 4. The molecule has 0 radical (unpaired) electrons. The average molecular weight is 494 g/mol. The smallest absolute Gasteiger partial charge is 0.273 e. The predicted octanol–water partition coefficient (Wildman–Crippen LogP) is 7.93. The van der Waals surface area contributed by atoms with Gasteiger partial charge in [0.15, 0.2) is 0 Å². The largest absolute Gasteiger partial charge is 0.325 e. The molecule has 180 valence electrons. The van der Waals surface area contributed by atoms with Crippen molar-refractivity contribution in [1.82, 2.24) is 8.97 Å². The van der Waals surface area contributed by atoms with Gasteiger partial charge in [0.25, 0.3) is 5.91 Å². The highest BCUT2D eigenvalue weighted by atomic mass is 35.5. The first-order chi connectivity index (χ1) is 17.5. The third-order valence-corrected chi connectivity index (χ3v) is 7.36. The van der Waals surface area contributed by atoms with Crippen molar-refractivity contribution in [2.75, 3.05) is 5.32 Å². The minimum absolute atomic E-state index is 0.0993. The van der Waals surface area contributed by atoms with Gasteiger partial charge in [-0.1, -0.05) is 65.7 Å². The lowest BCUT2D eigenvalue weighted by atomic mass is 9.97. The quantitative estimate of drug-likeness (QED) is 0.271. The zero-order chi connectivity index (χ0) is 24.8. The van der Waals surface area contributed by atoms with Gasteiger partial charge in [-0.3, -0.25) is 9.20 Å². The topological polar surface area (TPSA) is 38.4 Å². The van der Waals surface area contributed by atoms with Crippen molar-refractivity contribution in [1.29, 1.82) is 0 Å². The number of anilines is 1. The van der Waals surface area contributed by atoms with Gasteiger partial charge < -0.3 is 9.88 Å². The molecular formula is C31H28ClN3O. The van der Waals surface area contributed by atoms with Gasteiger partial charge in [-0.05, 0) is 74.1 Å². The number of nitrogens with one attached hydrogen (secondary N) is 1. The van der Waals surface area contributed by atoms with E-state index in [9.17, 15) is 4.79 Å². The molecule has 6 rings (SSSR count).